The van der Waals surface area contributed by atoms with Crippen LogP contribution in [0.25, 0.3) is 0 Å². The van der Waals surface area contributed by atoms with Gasteiger partial charge in [-0.3, -0.25) is 19.1 Å². The smallest absolute Gasteiger partial charge is 0.330 e. The lowest BCUT2D eigenvalue weighted by atomic mass is 10.1. The molecule has 0 aliphatic carbocycles. The number of aromatic amines is 1. The molecular formula is C23H35N5O5S. The van der Waals surface area contributed by atoms with E-state index >= 15 is 0 Å². The summed E-state index contributed by atoms with van der Waals surface area (Å²) in [6.45, 7) is 11.4. The first-order valence-electron chi connectivity index (χ1n) is 11.2. The number of aromatic nitrogens is 2. The monoisotopic (exact) mass is 493 g/mol. The lowest BCUT2D eigenvalue weighted by molar-refractivity contribution is 0.0983. The molecule has 11 heteroatoms. The average molecular weight is 494 g/mol. The van der Waals surface area contributed by atoms with Crippen LogP contribution in [0.3, 0.4) is 0 Å². The Morgan fingerprint density at radius 1 is 1.09 bits per heavy atom. The van der Waals surface area contributed by atoms with Gasteiger partial charge >= 0.3 is 5.69 Å². The molecule has 0 unspecified atom stereocenters. The molecule has 3 N–H and O–H groups in total. The van der Waals surface area contributed by atoms with E-state index in [1.54, 1.807) is 13.8 Å². The maximum atomic E-state index is 13.6. The van der Waals surface area contributed by atoms with Gasteiger partial charge in [0, 0.05) is 31.7 Å². The Morgan fingerprint density at radius 3 is 2.24 bits per heavy atom. The first kappa shape index (κ1) is 27.3. The van der Waals surface area contributed by atoms with Crippen molar-refractivity contribution in [2.45, 2.75) is 59.0 Å². The number of hydrogen-bond donors (Lipinski definition) is 2. The fraction of sp³-hybridized carbons (Fsp3) is 0.522. The summed E-state index contributed by atoms with van der Waals surface area (Å²) >= 11 is 0. The van der Waals surface area contributed by atoms with Crippen molar-refractivity contribution in [3.8, 4) is 0 Å². The number of carbonyl (C=O) groups is 1. The topological polar surface area (TPSA) is 139 Å². The molecule has 0 radical (unpaired) electrons. The van der Waals surface area contributed by atoms with Gasteiger partial charge in [-0.1, -0.05) is 33.8 Å². The Kier molecular flexibility index (Phi) is 8.49. The van der Waals surface area contributed by atoms with Crippen molar-refractivity contribution in [2.24, 2.45) is 11.8 Å². The maximum Gasteiger partial charge on any atom is 0.330 e. The molecule has 2 rings (SSSR count). The molecule has 0 saturated carbocycles. The summed E-state index contributed by atoms with van der Waals surface area (Å²) in [5, 5.41) is 0. The van der Waals surface area contributed by atoms with Crippen molar-refractivity contribution < 1.29 is 13.2 Å². The number of nitrogen functional groups attached to an aromatic ring is 1. The second kappa shape index (κ2) is 10.6. The number of hydrogen-bond acceptors (Lipinski definition) is 6. The van der Waals surface area contributed by atoms with Crippen LogP contribution in [0.1, 0.15) is 51.9 Å². The van der Waals surface area contributed by atoms with Gasteiger partial charge < -0.3 is 10.6 Å². The summed E-state index contributed by atoms with van der Waals surface area (Å²) in [5.74, 6) is -0.690. The van der Waals surface area contributed by atoms with E-state index in [-0.39, 0.29) is 52.9 Å². The molecule has 0 aliphatic heterocycles. The van der Waals surface area contributed by atoms with Gasteiger partial charge in [-0.2, -0.15) is 4.31 Å². The highest BCUT2D eigenvalue weighted by Crippen LogP contribution is 2.24. The van der Waals surface area contributed by atoms with Crippen LogP contribution in [0.15, 0.2) is 38.8 Å². The second-order valence-corrected chi connectivity index (χ2v) is 11.4. The van der Waals surface area contributed by atoms with Crippen LogP contribution in [-0.4, -0.2) is 47.8 Å². The van der Waals surface area contributed by atoms with Crippen molar-refractivity contribution in [1.29, 1.82) is 0 Å². The van der Waals surface area contributed by atoms with Crippen molar-refractivity contribution in [2.75, 3.05) is 24.2 Å². The number of carbonyl (C=O) groups excluding carboxylic acids is 1. The van der Waals surface area contributed by atoms with Crippen LogP contribution in [-0.2, 0) is 16.6 Å². The zero-order valence-electron chi connectivity index (χ0n) is 20.8. The number of amides is 1. The summed E-state index contributed by atoms with van der Waals surface area (Å²) in [5.41, 5.74) is 4.77. The van der Waals surface area contributed by atoms with Crippen LogP contribution in [0.4, 0.5) is 11.5 Å². The van der Waals surface area contributed by atoms with Crippen molar-refractivity contribution >= 4 is 27.4 Å². The molecule has 0 spiro atoms. The van der Waals surface area contributed by atoms with E-state index in [1.807, 2.05) is 27.7 Å². The molecule has 0 atom stereocenters. The second-order valence-electron chi connectivity index (χ2n) is 9.45. The third kappa shape index (κ3) is 5.76. The van der Waals surface area contributed by atoms with Gasteiger partial charge in [0.2, 0.25) is 10.0 Å². The summed E-state index contributed by atoms with van der Waals surface area (Å²) in [7, 11) is -2.36. The predicted molar refractivity (Wildman–Crippen MR) is 134 cm³/mol. The van der Waals surface area contributed by atoms with Crippen LogP contribution in [0, 0.1) is 11.8 Å². The fourth-order valence-corrected chi connectivity index (χ4v) is 4.83. The largest absolute Gasteiger partial charge is 0.383 e. The zero-order valence-corrected chi connectivity index (χ0v) is 21.6. The molecule has 1 aromatic heterocycles. The first-order chi connectivity index (χ1) is 15.7. The van der Waals surface area contributed by atoms with Crippen molar-refractivity contribution in [1.82, 2.24) is 13.9 Å². The number of nitrogens with zero attached hydrogens (tertiary/aromatic N) is 3. The van der Waals surface area contributed by atoms with E-state index in [4.69, 9.17) is 5.73 Å². The predicted octanol–water partition coefficient (Wildman–Crippen LogP) is 2.11. The van der Waals surface area contributed by atoms with Gasteiger partial charge in [0.1, 0.15) is 5.82 Å². The number of nitrogens with one attached hydrogen (secondary N) is 1. The minimum atomic E-state index is -3.83. The normalized spacial score (nSPS) is 12.2. The number of H-pyrrole nitrogens is 1. The van der Waals surface area contributed by atoms with Gasteiger partial charge in [0.15, 0.2) is 5.69 Å². The fourth-order valence-electron chi connectivity index (χ4n) is 3.41. The number of nitrogens with two attached hydrogens (primary N) is 1. The van der Waals surface area contributed by atoms with Crippen LogP contribution < -0.4 is 21.9 Å². The Balaban J connectivity index is 2.67. The minimum Gasteiger partial charge on any atom is -0.383 e. The Morgan fingerprint density at radius 2 is 1.71 bits per heavy atom. The van der Waals surface area contributed by atoms with Crippen LogP contribution in [0.2, 0.25) is 0 Å². The molecule has 10 nitrogen and oxygen atoms in total. The number of sulfonamides is 1. The highest BCUT2D eigenvalue weighted by Gasteiger charge is 2.28. The highest BCUT2D eigenvalue weighted by atomic mass is 32.2. The van der Waals surface area contributed by atoms with E-state index in [0.29, 0.717) is 0 Å². The number of benzene rings is 1. The Hall–Kier alpha value is -2.92. The van der Waals surface area contributed by atoms with Crippen molar-refractivity contribution in [3.05, 3.63) is 50.7 Å². The standard InChI is InChI=1S/C23H35N5O5S/c1-14(2)12-27(19-20(24)28(13-15(3)4)23(31)25-21(19)29)22(30)17-9-8-10-18(11-17)34(32,33)26(7)16(5)6/h8-11,14-16H,12-13,24H2,1-7H3,(H,25,29,31). The molecule has 0 fully saturated rings. The summed E-state index contributed by atoms with van der Waals surface area (Å²) in [6, 6.07) is 5.40. The van der Waals surface area contributed by atoms with Gasteiger partial charge in [-0.15, -0.1) is 0 Å². The molecule has 0 saturated heterocycles. The molecule has 0 aliphatic rings. The van der Waals surface area contributed by atoms with E-state index < -0.39 is 27.2 Å². The molecule has 1 aromatic carbocycles. The summed E-state index contributed by atoms with van der Waals surface area (Å²) < 4.78 is 28.3. The average Bonchev–Trinajstić information content (AvgIpc) is 2.74. The minimum absolute atomic E-state index is 0.0364. The third-order valence-corrected chi connectivity index (χ3v) is 7.34. The summed E-state index contributed by atoms with van der Waals surface area (Å²) in [6.07, 6.45) is 0. The molecular weight excluding hydrogens is 458 g/mol. The SMILES string of the molecule is CC(C)CN(C(=O)c1cccc(S(=O)(=O)N(C)C(C)C)c1)c1c(N)n(CC(C)C)c(=O)[nH]c1=O. The third-order valence-electron chi connectivity index (χ3n) is 5.31. The first-order valence-corrected chi connectivity index (χ1v) is 12.6. The van der Waals surface area contributed by atoms with E-state index in [0.717, 1.165) is 0 Å². The van der Waals surface area contributed by atoms with Crippen molar-refractivity contribution in [3.63, 3.8) is 0 Å². The highest BCUT2D eigenvalue weighted by molar-refractivity contribution is 7.89. The van der Waals surface area contributed by atoms with Gasteiger partial charge in [-0.05, 0) is 43.9 Å². The molecule has 34 heavy (non-hydrogen) atoms. The zero-order chi connectivity index (χ0) is 26.0. The Bertz CT molecular complexity index is 1260. The molecule has 0 bridgehead atoms. The van der Waals surface area contributed by atoms with Crippen LogP contribution >= 0.6 is 0 Å². The van der Waals surface area contributed by atoms with E-state index in [2.05, 4.69) is 4.98 Å². The molecule has 1 heterocycles. The van der Waals surface area contributed by atoms with E-state index in [1.165, 1.54) is 45.1 Å². The quantitative estimate of drug-likeness (QED) is 0.549. The number of anilines is 2. The molecule has 188 valence electrons. The Labute approximate surface area is 200 Å². The van der Waals surface area contributed by atoms with Gasteiger partial charge in [-0.25, -0.2) is 13.2 Å². The van der Waals surface area contributed by atoms with Gasteiger partial charge in [0.05, 0.1) is 4.90 Å². The van der Waals surface area contributed by atoms with Crippen LogP contribution in [0.5, 0.6) is 0 Å². The lowest BCUT2D eigenvalue weighted by Crippen LogP contribution is -2.43. The maximum absolute atomic E-state index is 13.6. The lowest BCUT2D eigenvalue weighted by Gasteiger charge is -2.27. The number of rotatable bonds is 9. The molecule has 2 aromatic rings. The van der Waals surface area contributed by atoms with Gasteiger partial charge in [0.25, 0.3) is 11.5 Å². The molecule has 1 amide bonds. The summed E-state index contributed by atoms with van der Waals surface area (Å²) in [4.78, 5) is 42.2. The van der Waals surface area contributed by atoms with E-state index in [9.17, 15) is 22.8 Å².